The van der Waals surface area contributed by atoms with Gasteiger partial charge in [0.05, 0.1) is 29.9 Å². The molecule has 138 valence electrons. The van der Waals surface area contributed by atoms with Crippen LogP contribution < -0.4 is 4.72 Å². The lowest BCUT2D eigenvalue weighted by Gasteiger charge is -2.20. The first-order chi connectivity index (χ1) is 13.0. The second kappa shape index (κ2) is 9.37. The van der Waals surface area contributed by atoms with Gasteiger partial charge in [-0.05, 0) is 36.4 Å². The molecule has 0 aliphatic carbocycles. The van der Waals surface area contributed by atoms with Gasteiger partial charge in [0.15, 0.2) is 0 Å². The van der Waals surface area contributed by atoms with Crippen molar-refractivity contribution in [2.45, 2.75) is 17.7 Å². The number of sulfonamides is 1. The molecular formula is C19H18N4O3S. The van der Waals surface area contributed by atoms with E-state index in [2.05, 4.69) is 4.72 Å². The maximum atomic E-state index is 12.5. The molecule has 1 N–H and O–H groups in total. The number of nitrogens with one attached hydrogen (secondary N) is 1. The zero-order valence-electron chi connectivity index (χ0n) is 14.5. The Kier molecular flexibility index (Phi) is 6.93. The first-order valence-electron chi connectivity index (χ1n) is 8.19. The lowest BCUT2D eigenvalue weighted by molar-refractivity contribution is 0.0762. The summed E-state index contributed by atoms with van der Waals surface area (Å²) in [6, 6.07) is 17.9. The fourth-order valence-corrected chi connectivity index (χ4v) is 3.44. The van der Waals surface area contributed by atoms with Gasteiger partial charge < -0.3 is 4.90 Å². The van der Waals surface area contributed by atoms with E-state index in [1.54, 1.807) is 18.2 Å². The molecule has 0 heterocycles. The number of carbonyl (C=O) groups excluding carboxylic acids is 1. The lowest BCUT2D eigenvalue weighted by Crippen LogP contribution is -2.32. The van der Waals surface area contributed by atoms with Crippen molar-refractivity contribution in [3.63, 3.8) is 0 Å². The number of hydrogen-bond acceptors (Lipinski definition) is 5. The summed E-state index contributed by atoms with van der Waals surface area (Å²) in [6.07, 6.45) is 0.345. The van der Waals surface area contributed by atoms with E-state index in [9.17, 15) is 13.2 Å². The minimum absolute atomic E-state index is 0.143. The number of hydrogen-bond donors (Lipinski definition) is 1. The Morgan fingerprint density at radius 3 is 2.00 bits per heavy atom. The van der Waals surface area contributed by atoms with E-state index in [0.717, 1.165) is 0 Å². The Hall–Kier alpha value is -3.36. The van der Waals surface area contributed by atoms with Crippen LogP contribution >= 0.6 is 0 Å². The van der Waals surface area contributed by atoms with Crippen molar-refractivity contribution in [1.82, 2.24) is 4.90 Å². The number of anilines is 1. The van der Waals surface area contributed by atoms with Crippen LogP contribution in [-0.4, -0.2) is 32.3 Å². The summed E-state index contributed by atoms with van der Waals surface area (Å²) < 4.78 is 27.1. The molecule has 27 heavy (non-hydrogen) atoms. The Morgan fingerprint density at radius 1 is 0.926 bits per heavy atom. The van der Waals surface area contributed by atoms with Gasteiger partial charge in [-0.1, -0.05) is 18.2 Å². The number of carbonyl (C=O) groups is 1. The van der Waals surface area contributed by atoms with Crippen LogP contribution in [0.1, 0.15) is 23.2 Å². The summed E-state index contributed by atoms with van der Waals surface area (Å²) in [5.41, 5.74) is 0.685. The van der Waals surface area contributed by atoms with Crippen LogP contribution in [-0.2, 0) is 10.0 Å². The fraction of sp³-hybridized carbons (Fsp3) is 0.211. The summed E-state index contributed by atoms with van der Waals surface area (Å²) in [5.74, 6) is -0.307. The van der Waals surface area contributed by atoms with Gasteiger partial charge in [-0.15, -0.1) is 0 Å². The molecule has 0 radical (unpaired) electrons. The van der Waals surface area contributed by atoms with Gasteiger partial charge >= 0.3 is 0 Å². The summed E-state index contributed by atoms with van der Waals surface area (Å²) in [6.45, 7) is 0.471. The van der Waals surface area contributed by atoms with Gasteiger partial charge in [0.2, 0.25) is 0 Å². The van der Waals surface area contributed by atoms with Crippen molar-refractivity contribution in [2.75, 3.05) is 17.8 Å². The van der Waals surface area contributed by atoms with E-state index < -0.39 is 10.0 Å². The van der Waals surface area contributed by atoms with Crippen molar-refractivity contribution in [2.24, 2.45) is 0 Å². The van der Waals surface area contributed by atoms with Crippen LogP contribution in [0.3, 0.4) is 0 Å². The number of rotatable bonds is 8. The first-order valence-corrected chi connectivity index (χ1v) is 9.67. The van der Waals surface area contributed by atoms with Crippen LogP contribution in [0, 0.1) is 22.7 Å². The maximum Gasteiger partial charge on any atom is 0.261 e. The highest BCUT2D eigenvalue weighted by Gasteiger charge is 2.17. The van der Waals surface area contributed by atoms with Crippen molar-refractivity contribution in [3.8, 4) is 12.1 Å². The van der Waals surface area contributed by atoms with Crippen molar-refractivity contribution in [3.05, 3.63) is 60.2 Å². The third-order valence-electron chi connectivity index (χ3n) is 3.71. The first kappa shape index (κ1) is 20.0. The smallest absolute Gasteiger partial charge is 0.261 e. The van der Waals surface area contributed by atoms with Gasteiger partial charge in [0, 0.05) is 24.3 Å². The van der Waals surface area contributed by atoms with Crippen molar-refractivity contribution < 1.29 is 13.2 Å². The second-order valence-electron chi connectivity index (χ2n) is 5.60. The molecule has 0 aliphatic rings. The molecule has 7 nitrogen and oxygen atoms in total. The van der Waals surface area contributed by atoms with Crippen LogP contribution in [0.5, 0.6) is 0 Å². The quantitative estimate of drug-likeness (QED) is 0.754. The Balaban J connectivity index is 2.12. The third kappa shape index (κ3) is 5.56. The van der Waals surface area contributed by atoms with E-state index in [1.165, 1.54) is 41.3 Å². The van der Waals surface area contributed by atoms with Crippen LogP contribution in [0.2, 0.25) is 0 Å². The summed E-state index contributed by atoms with van der Waals surface area (Å²) in [4.78, 5) is 14.1. The number of amides is 1. The Labute approximate surface area is 158 Å². The summed E-state index contributed by atoms with van der Waals surface area (Å²) in [7, 11) is -3.70. The molecule has 0 saturated heterocycles. The highest BCUT2D eigenvalue weighted by atomic mass is 32.2. The molecule has 0 spiro atoms. The summed E-state index contributed by atoms with van der Waals surface area (Å²) in [5, 5.41) is 17.4. The van der Waals surface area contributed by atoms with Gasteiger partial charge in [-0.25, -0.2) is 8.42 Å². The van der Waals surface area contributed by atoms with Crippen LogP contribution in [0.4, 0.5) is 5.69 Å². The average Bonchev–Trinajstić information content (AvgIpc) is 2.68. The predicted molar refractivity (Wildman–Crippen MR) is 100 cm³/mol. The fourth-order valence-electron chi connectivity index (χ4n) is 2.36. The van der Waals surface area contributed by atoms with Gasteiger partial charge in [-0.2, -0.15) is 10.5 Å². The molecule has 8 heteroatoms. The molecule has 0 fully saturated rings. The Morgan fingerprint density at radius 2 is 1.48 bits per heavy atom. The minimum Gasteiger partial charge on any atom is -0.337 e. The average molecular weight is 382 g/mol. The van der Waals surface area contributed by atoms with Crippen molar-refractivity contribution >= 4 is 21.6 Å². The molecule has 0 atom stereocenters. The van der Waals surface area contributed by atoms with E-state index in [-0.39, 0.29) is 36.7 Å². The minimum atomic E-state index is -3.70. The number of nitrogens with zero attached hydrogens (tertiary/aromatic N) is 3. The van der Waals surface area contributed by atoms with Gasteiger partial charge in [-0.3, -0.25) is 9.52 Å². The third-order valence-corrected chi connectivity index (χ3v) is 5.11. The standard InChI is InChI=1S/C19H18N4O3S/c20-12-4-14-23(15-5-13-21)19(24)16-8-10-17(11-9-16)22-27(25,26)18-6-2-1-3-7-18/h1-3,6-11,22H,4-5,14-15H2. The normalized spacial score (nSPS) is 10.4. The molecule has 0 aliphatic heterocycles. The van der Waals surface area contributed by atoms with Crippen molar-refractivity contribution in [1.29, 1.82) is 10.5 Å². The van der Waals surface area contributed by atoms with E-state index in [4.69, 9.17) is 10.5 Å². The van der Waals surface area contributed by atoms with Crippen LogP contribution in [0.15, 0.2) is 59.5 Å². The molecule has 0 bridgehead atoms. The molecule has 1 amide bonds. The summed E-state index contributed by atoms with van der Waals surface area (Å²) >= 11 is 0. The lowest BCUT2D eigenvalue weighted by atomic mass is 10.1. The number of nitriles is 2. The second-order valence-corrected chi connectivity index (χ2v) is 7.29. The monoisotopic (exact) mass is 382 g/mol. The number of benzene rings is 2. The zero-order valence-corrected chi connectivity index (χ0v) is 15.3. The molecule has 0 unspecified atom stereocenters. The predicted octanol–water partition coefficient (Wildman–Crippen LogP) is 2.76. The van der Waals surface area contributed by atoms with E-state index >= 15 is 0 Å². The largest absolute Gasteiger partial charge is 0.337 e. The topological polar surface area (TPSA) is 114 Å². The molecule has 2 aromatic carbocycles. The van der Waals surface area contributed by atoms with Crippen LogP contribution in [0.25, 0.3) is 0 Å². The maximum absolute atomic E-state index is 12.5. The van der Waals surface area contributed by atoms with E-state index in [0.29, 0.717) is 11.3 Å². The van der Waals surface area contributed by atoms with Gasteiger partial charge in [0.25, 0.3) is 15.9 Å². The molecule has 0 aromatic heterocycles. The van der Waals surface area contributed by atoms with Gasteiger partial charge in [0.1, 0.15) is 0 Å². The molecule has 0 saturated carbocycles. The zero-order chi connectivity index (χ0) is 19.7. The highest BCUT2D eigenvalue weighted by molar-refractivity contribution is 7.92. The SMILES string of the molecule is N#CCCN(CCC#N)C(=O)c1ccc(NS(=O)(=O)c2ccccc2)cc1. The Bertz CT molecular complexity index is 941. The van der Waals surface area contributed by atoms with E-state index in [1.807, 2.05) is 12.1 Å². The molecule has 2 rings (SSSR count). The highest BCUT2D eigenvalue weighted by Crippen LogP contribution is 2.17. The molecule has 2 aromatic rings. The molecular weight excluding hydrogens is 364 g/mol.